The van der Waals surface area contributed by atoms with Crippen molar-refractivity contribution in [3.8, 4) is 0 Å². The van der Waals surface area contributed by atoms with E-state index in [2.05, 4.69) is 0 Å². The van der Waals surface area contributed by atoms with Crippen molar-refractivity contribution in [3.05, 3.63) is 35.9 Å². The first-order chi connectivity index (χ1) is 13.7. The molecule has 0 saturated heterocycles. The van der Waals surface area contributed by atoms with Gasteiger partial charge < -0.3 is 19.6 Å². The van der Waals surface area contributed by atoms with Gasteiger partial charge in [0.25, 0.3) is 0 Å². The van der Waals surface area contributed by atoms with Crippen LogP contribution in [-0.4, -0.2) is 58.8 Å². The highest BCUT2D eigenvalue weighted by atomic mass is 16.8. The van der Waals surface area contributed by atoms with Gasteiger partial charge in [-0.05, 0) is 17.9 Å². The van der Waals surface area contributed by atoms with E-state index in [1.54, 1.807) is 44.2 Å². The molecule has 0 aliphatic rings. The minimum atomic E-state index is -1.16. The van der Waals surface area contributed by atoms with Crippen LogP contribution in [0.3, 0.4) is 0 Å². The zero-order valence-corrected chi connectivity index (χ0v) is 17.3. The summed E-state index contributed by atoms with van der Waals surface area (Å²) in [7, 11) is 1.35. The number of guanidine groups is 1. The van der Waals surface area contributed by atoms with Gasteiger partial charge in [-0.2, -0.15) is 0 Å². The molecule has 0 fully saturated rings. The van der Waals surface area contributed by atoms with Crippen LogP contribution in [0.2, 0.25) is 0 Å². The molecule has 1 aromatic carbocycles. The van der Waals surface area contributed by atoms with Gasteiger partial charge in [0.15, 0.2) is 0 Å². The van der Waals surface area contributed by atoms with Crippen LogP contribution in [-0.2, 0) is 25.6 Å². The summed E-state index contributed by atoms with van der Waals surface area (Å²) in [6.07, 6.45) is 0.213. The summed E-state index contributed by atoms with van der Waals surface area (Å²) in [5.41, 5.74) is 0.669. The lowest BCUT2D eigenvalue weighted by Crippen LogP contribution is -2.53. The van der Waals surface area contributed by atoms with Gasteiger partial charge in [0, 0.05) is 7.05 Å². The number of likely N-dealkylation sites (N-methyl/N-ethyl adjacent to an activating group) is 1. The fourth-order valence-corrected chi connectivity index (χ4v) is 2.60. The van der Waals surface area contributed by atoms with Crippen molar-refractivity contribution >= 4 is 24.0 Å². The second-order valence-corrected chi connectivity index (χ2v) is 6.85. The quantitative estimate of drug-likeness (QED) is 0.294. The van der Waals surface area contributed by atoms with Gasteiger partial charge in [-0.15, -0.1) is 0 Å². The van der Waals surface area contributed by atoms with E-state index in [1.165, 1.54) is 7.05 Å². The number of carbonyl (C=O) groups is 3. The number of hydroxylamine groups is 2. The summed E-state index contributed by atoms with van der Waals surface area (Å²) in [5, 5.41) is 18.1. The molecule has 9 heteroatoms. The second-order valence-electron chi connectivity index (χ2n) is 6.85. The molecule has 0 bridgehead atoms. The zero-order chi connectivity index (χ0) is 22.0. The Morgan fingerprint density at radius 2 is 1.79 bits per heavy atom. The Morgan fingerprint density at radius 3 is 2.31 bits per heavy atom. The topological polar surface area (TPSA) is 120 Å². The number of benzene rings is 1. The first kappa shape index (κ1) is 23.9. The van der Waals surface area contributed by atoms with Crippen molar-refractivity contribution in [1.82, 2.24) is 9.96 Å². The van der Waals surface area contributed by atoms with Crippen LogP contribution in [0.5, 0.6) is 0 Å². The van der Waals surface area contributed by atoms with Crippen LogP contribution in [0.4, 0.5) is 4.79 Å². The van der Waals surface area contributed by atoms with Crippen LogP contribution < -0.4 is 0 Å². The maximum absolute atomic E-state index is 12.4. The Labute approximate surface area is 170 Å². The summed E-state index contributed by atoms with van der Waals surface area (Å²) >= 11 is 0. The summed E-state index contributed by atoms with van der Waals surface area (Å²) in [6.45, 7) is 5.36. The molecule has 0 heterocycles. The highest BCUT2D eigenvalue weighted by Crippen LogP contribution is 2.13. The van der Waals surface area contributed by atoms with Gasteiger partial charge in [0.05, 0.1) is 13.0 Å². The number of rotatable bonds is 8. The minimum absolute atomic E-state index is 0.0889. The third kappa shape index (κ3) is 7.44. The second kappa shape index (κ2) is 11.7. The first-order valence-electron chi connectivity index (χ1n) is 9.44. The summed E-state index contributed by atoms with van der Waals surface area (Å²) in [4.78, 5) is 42.5. The fourth-order valence-electron chi connectivity index (χ4n) is 2.60. The monoisotopic (exact) mass is 407 g/mol. The van der Waals surface area contributed by atoms with Crippen LogP contribution in [0, 0.1) is 11.3 Å². The summed E-state index contributed by atoms with van der Waals surface area (Å²) < 4.78 is 5.06. The standard InChI is InChI=1S/C20H29N3O6/c1-5-6-12-28-20(27)23(19(21)22(4)17(14(2)3)18(25)26)29-16(24)13-15-10-8-7-9-11-15/h7-11,14,17,21H,5-6,12-13H2,1-4H3,(H,25,26). The number of nitrogens with one attached hydrogen (secondary N) is 1. The molecule has 1 amide bonds. The highest BCUT2D eigenvalue weighted by molar-refractivity contribution is 5.94. The van der Waals surface area contributed by atoms with E-state index in [0.29, 0.717) is 17.0 Å². The molecule has 0 aliphatic heterocycles. The number of hydrogen-bond acceptors (Lipinski definition) is 6. The number of carbonyl (C=O) groups excluding carboxylic acids is 2. The third-order valence-corrected chi connectivity index (χ3v) is 4.10. The molecule has 1 aromatic rings. The summed E-state index contributed by atoms with van der Waals surface area (Å²) in [6, 6.07) is 7.67. The van der Waals surface area contributed by atoms with Gasteiger partial charge in [-0.25, -0.2) is 14.4 Å². The van der Waals surface area contributed by atoms with Crippen molar-refractivity contribution in [2.45, 2.75) is 46.1 Å². The molecule has 1 unspecified atom stereocenters. The van der Waals surface area contributed by atoms with E-state index >= 15 is 0 Å². The van der Waals surface area contributed by atoms with Gasteiger partial charge >= 0.3 is 18.0 Å². The van der Waals surface area contributed by atoms with Crippen molar-refractivity contribution in [2.75, 3.05) is 13.7 Å². The molecule has 0 radical (unpaired) electrons. The molecule has 29 heavy (non-hydrogen) atoms. The predicted molar refractivity (Wildman–Crippen MR) is 106 cm³/mol. The molecule has 2 N–H and O–H groups in total. The Balaban J connectivity index is 2.99. The zero-order valence-electron chi connectivity index (χ0n) is 17.3. The predicted octanol–water partition coefficient (Wildman–Crippen LogP) is 2.90. The fraction of sp³-hybridized carbons (Fsp3) is 0.500. The number of unbranched alkanes of at least 4 members (excludes halogenated alkanes) is 1. The van der Waals surface area contributed by atoms with Crippen LogP contribution in [0.1, 0.15) is 39.2 Å². The maximum atomic E-state index is 12.4. The molecule has 0 spiro atoms. The largest absolute Gasteiger partial charge is 0.480 e. The molecule has 9 nitrogen and oxygen atoms in total. The minimum Gasteiger partial charge on any atom is -0.480 e. The van der Waals surface area contributed by atoms with Gasteiger partial charge in [-0.3, -0.25) is 5.41 Å². The van der Waals surface area contributed by atoms with Gasteiger partial charge in [-0.1, -0.05) is 62.6 Å². The van der Waals surface area contributed by atoms with Crippen molar-refractivity contribution in [3.63, 3.8) is 0 Å². The highest BCUT2D eigenvalue weighted by Gasteiger charge is 2.35. The van der Waals surface area contributed by atoms with E-state index in [1.807, 2.05) is 6.92 Å². The maximum Gasteiger partial charge on any atom is 0.451 e. The normalized spacial score (nSPS) is 11.5. The molecule has 0 aliphatic carbocycles. The van der Waals surface area contributed by atoms with E-state index in [-0.39, 0.29) is 18.9 Å². The number of carboxylic acids is 1. The average Bonchev–Trinajstić information content (AvgIpc) is 2.65. The SMILES string of the molecule is CCCCOC(=O)N(OC(=O)Cc1ccccc1)C(=N)N(C)C(C(=O)O)C(C)C. The molecular formula is C20H29N3O6. The third-order valence-electron chi connectivity index (χ3n) is 4.10. The van der Waals surface area contributed by atoms with E-state index in [4.69, 9.17) is 15.0 Å². The van der Waals surface area contributed by atoms with E-state index in [0.717, 1.165) is 11.3 Å². The first-order valence-corrected chi connectivity index (χ1v) is 9.44. The summed E-state index contributed by atoms with van der Waals surface area (Å²) in [5.74, 6) is -2.91. The molecule has 1 atom stereocenters. The molecular weight excluding hydrogens is 378 g/mol. The van der Waals surface area contributed by atoms with Crippen LogP contribution in [0.25, 0.3) is 0 Å². The van der Waals surface area contributed by atoms with Crippen molar-refractivity contribution in [1.29, 1.82) is 5.41 Å². The molecule has 0 saturated carbocycles. The Kier molecular flexibility index (Phi) is 9.64. The van der Waals surface area contributed by atoms with Crippen LogP contribution in [0.15, 0.2) is 30.3 Å². The van der Waals surface area contributed by atoms with Crippen molar-refractivity contribution in [2.24, 2.45) is 5.92 Å². The Bertz CT molecular complexity index is 707. The Morgan fingerprint density at radius 1 is 1.17 bits per heavy atom. The van der Waals surface area contributed by atoms with Crippen LogP contribution >= 0.6 is 0 Å². The lowest BCUT2D eigenvalue weighted by Gasteiger charge is -2.32. The number of amides is 1. The molecule has 0 aromatic heterocycles. The number of aliphatic carboxylic acids is 1. The smallest absolute Gasteiger partial charge is 0.451 e. The van der Waals surface area contributed by atoms with Gasteiger partial charge in [0.1, 0.15) is 6.04 Å². The number of carboxylic acid groups (broad SMARTS) is 1. The lowest BCUT2D eigenvalue weighted by molar-refractivity contribution is -0.169. The van der Waals surface area contributed by atoms with Crippen molar-refractivity contribution < 1.29 is 29.1 Å². The number of ether oxygens (including phenoxy) is 1. The van der Waals surface area contributed by atoms with E-state index < -0.39 is 30.0 Å². The Hall–Kier alpha value is -3.10. The lowest BCUT2D eigenvalue weighted by atomic mass is 10.0. The number of nitrogens with zero attached hydrogens (tertiary/aromatic N) is 2. The van der Waals surface area contributed by atoms with Gasteiger partial charge in [0.2, 0.25) is 5.96 Å². The average molecular weight is 407 g/mol. The van der Waals surface area contributed by atoms with E-state index in [9.17, 15) is 19.5 Å². The molecule has 160 valence electrons. The number of hydrogen-bond donors (Lipinski definition) is 2. The molecule has 1 rings (SSSR count).